The summed E-state index contributed by atoms with van der Waals surface area (Å²) >= 11 is 0. The second-order valence-electron chi connectivity index (χ2n) is 6.58. The van der Waals surface area contributed by atoms with Gasteiger partial charge >= 0.3 is 5.97 Å². The first kappa shape index (κ1) is 20.2. The highest BCUT2D eigenvalue weighted by atomic mass is 16.5. The average Bonchev–Trinajstić information content (AvgIpc) is 2.69. The van der Waals surface area contributed by atoms with Gasteiger partial charge in [0.05, 0.1) is 17.9 Å². The summed E-state index contributed by atoms with van der Waals surface area (Å²) in [5, 5.41) is 12.0. The van der Waals surface area contributed by atoms with Crippen molar-refractivity contribution in [3.05, 3.63) is 48.0 Å². The van der Waals surface area contributed by atoms with Gasteiger partial charge in [-0.3, -0.25) is 14.5 Å². The van der Waals surface area contributed by atoms with E-state index in [-0.39, 0.29) is 23.1 Å². The minimum atomic E-state index is -1.10. The number of hydrogen-bond donors (Lipinski definition) is 2. The maximum absolute atomic E-state index is 12.8. The summed E-state index contributed by atoms with van der Waals surface area (Å²) < 4.78 is 10.9. The number of nitrogens with one attached hydrogen (secondary N) is 1. The number of amides is 2. The van der Waals surface area contributed by atoms with Crippen molar-refractivity contribution >= 4 is 29.2 Å². The number of carboxylic acid groups (broad SMARTS) is 1. The number of carbonyl (C=O) groups is 3. The molecule has 2 atom stereocenters. The summed E-state index contributed by atoms with van der Waals surface area (Å²) in [5.74, 6) is -0.926. The SMILES string of the molecule is CCOc1ccc(NC(=O)C(C)N2C(=O)C(C)Oc3cc(C(=O)O)ccc32)cc1. The molecule has 8 heteroatoms. The molecule has 1 aliphatic rings. The van der Waals surface area contributed by atoms with Crippen LogP contribution in [0.25, 0.3) is 0 Å². The fraction of sp³-hybridized carbons (Fsp3) is 0.286. The molecule has 0 aromatic heterocycles. The van der Waals surface area contributed by atoms with Crippen molar-refractivity contribution in [3.8, 4) is 11.5 Å². The van der Waals surface area contributed by atoms with Crippen LogP contribution in [0.3, 0.4) is 0 Å². The quantitative estimate of drug-likeness (QED) is 0.775. The van der Waals surface area contributed by atoms with Crippen molar-refractivity contribution < 1.29 is 29.0 Å². The lowest BCUT2D eigenvalue weighted by Gasteiger charge is -2.36. The molecule has 0 aliphatic carbocycles. The number of rotatable bonds is 6. The molecule has 0 spiro atoms. The highest BCUT2D eigenvalue weighted by Gasteiger charge is 2.37. The average molecular weight is 398 g/mol. The van der Waals surface area contributed by atoms with Gasteiger partial charge in [0.2, 0.25) is 5.91 Å². The van der Waals surface area contributed by atoms with Crippen LogP contribution in [-0.4, -0.2) is 41.6 Å². The lowest BCUT2D eigenvalue weighted by atomic mass is 10.1. The Hall–Kier alpha value is -3.55. The Bertz CT molecular complexity index is 941. The Kier molecular flexibility index (Phi) is 5.72. The minimum absolute atomic E-state index is 0.0386. The van der Waals surface area contributed by atoms with Gasteiger partial charge < -0.3 is 19.9 Å². The first-order chi connectivity index (χ1) is 13.8. The van der Waals surface area contributed by atoms with E-state index >= 15 is 0 Å². The molecule has 1 heterocycles. The van der Waals surface area contributed by atoms with Gasteiger partial charge in [0.1, 0.15) is 17.5 Å². The molecule has 2 N–H and O–H groups in total. The number of carbonyl (C=O) groups excluding carboxylic acids is 2. The molecule has 29 heavy (non-hydrogen) atoms. The van der Waals surface area contributed by atoms with Gasteiger partial charge in [0.25, 0.3) is 5.91 Å². The van der Waals surface area contributed by atoms with E-state index in [0.29, 0.717) is 23.7 Å². The van der Waals surface area contributed by atoms with E-state index in [1.54, 1.807) is 38.1 Å². The topological polar surface area (TPSA) is 105 Å². The third-order valence-electron chi connectivity index (χ3n) is 4.55. The lowest BCUT2D eigenvalue weighted by molar-refractivity contribution is -0.128. The highest BCUT2D eigenvalue weighted by Crippen LogP contribution is 2.36. The normalized spacial score (nSPS) is 16.4. The molecule has 2 amide bonds. The minimum Gasteiger partial charge on any atom is -0.494 e. The van der Waals surface area contributed by atoms with Crippen molar-refractivity contribution in [1.82, 2.24) is 0 Å². The Labute approximate surface area is 168 Å². The van der Waals surface area contributed by atoms with Crippen LogP contribution in [0, 0.1) is 0 Å². The van der Waals surface area contributed by atoms with E-state index < -0.39 is 18.1 Å². The molecule has 0 saturated carbocycles. The monoisotopic (exact) mass is 398 g/mol. The Morgan fingerprint density at radius 1 is 1.24 bits per heavy atom. The Morgan fingerprint density at radius 3 is 2.55 bits per heavy atom. The standard InChI is InChI=1S/C21H22N2O6/c1-4-28-16-8-6-15(7-9-16)22-19(24)12(2)23-17-10-5-14(21(26)27)11-18(17)29-13(3)20(23)25/h5-13H,4H2,1-3H3,(H,22,24)(H,26,27). The molecular formula is C21H22N2O6. The van der Waals surface area contributed by atoms with E-state index in [2.05, 4.69) is 5.32 Å². The summed E-state index contributed by atoms with van der Waals surface area (Å²) in [5.41, 5.74) is 0.963. The van der Waals surface area contributed by atoms with Gasteiger partial charge in [-0.05, 0) is 63.2 Å². The van der Waals surface area contributed by atoms with E-state index in [1.165, 1.54) is 23.1 Å². The zero-order chi connectivity index (χ0) is 21.1. The van der Waals surface area contributed by atoms with Crippen molar-refractivity contribution in [3.63, 3.8) is 0 Å². The molecule has 0 saturated heterocycles. The Balaban J connectivity index is 1.83. The number of aromatic carboxylic acids is 1. The summed E-state index contributed by atoms with van der Waals surface area (Å²) in [6.07, 6.45) is -0.840. The van der Waals surface area contributed by atoms with Crippen LogP contribution in [0.2, 0.25) is 0 Å². The molecule has 2 aromatic carbocycles. The summed E-state index contributed by atoms with van der Waals surface area (Å²) in [6, 6.07) is 10.3. The van der Waals surface area contributed by atoms with Gasteiger partial charge in [0.15, 0.2) is 6.10 Å². The number of nitrogens with zero attached hydrogens (tertiary/aromatic N) is 1. The first-order valence-electron chi connectivity index (χ1n) is 9.22. The number of carboxylic acids is 1. The van der Waals surface area contributed by atoms with Gasteiger partial charge in [-0.1, -0.05) is 0 Å². The summed E-state index contributed by atoms with van der Waals surface area (Å²) in [7, 11) is 0. The molecule has 8 nitrogen and oxygen atoms in total. The molecular weight excluding hydrogens is 376 g/mol. The molecule has 1 aliphatic heterocycles. The van der Waals surface area contributed by atoms with Crippen LogP contribution in [0.1, 0.15) is 31.1 Å². The summed E-state index contributed by atoms with van der Waals surface area (Å²) in [6.45, 7) is 5.59. The van der Waals surface area contributed by atoms with Crippen LogP contribution < -0.4 is 19.7 Å². The second kappa shape index (κ2) is 8.22. The van der Waals surface area contributed by atoms with E-state index in [9.17, 15) is 19.5 Å². The fourth-order valence-electron chi connectivity index (χ4n) is 3.06. The van der Waals surface area contributed by atoms with E-state index in [0.717, 1.165) is 0 Å². The number of fused-ring (bicyclic) bond motifs is 1. The van der Waals surface area contributed by atoms with E-state index in [4.69, 9.17) is 9.47 Å². The number of anilines is 2. The number of benzene rings is 2. The second-order valence-corrected chi connectivity index (χ2v) is 6.58. The van der Waals surface area contributed by atoms with Gasteiger partial charge in [-0.2, -0.15) is 0 Å². The van der Waals surface area contributed by atoms with Crippen molar-refractivity contribution in [2.75, 3.05) is 16.8 Å². The molecule has 2 unspecified atom stereocenters. The smallest absolute Gasteiger partial charge is 0.335 e. The summed E-state index contributed by atoms with van der Waals surface area (Å²) in [4.78, 5) is 38.0. The zero-order valence-electron chi connectivity index (χ0n) is 16.3. The fourth-order valence-corrected chi connectivity index (χ4v) is 3.06. The van der Waals surface area contributed by atoms with Crippen LogP contribution in [0.15, 0.2) is 42.5 Å². The third kappa shape index (κ3) is 4.16. The van der Waals surface area contributed by atoms with Crippen LogP contribution >= 0.6 is 0 Å². The van der Waals surface area contributed by atoms with Crippen molar-refractivity contribution in [2.45, 2.75) is 32.9 Å². The van der Waals surface area contributed by atoms with Gasteiger partial charge in [0, 0.05) is 5.69 Å². The molecule has 152 valence electrons. The van der Waals surface area contributed by atoms with E-state index in [1.807, 2.05) is 6.92 Å². The Morgan fingerprint density at radius 2 is 1.93 bits per heavy atom. The highest BCUT2D eigenvalue weighted by molar-refractivity contribution is 6.08. The predicted molar refractivity (Wildman–Crippen MR) is 107 cm³/mol. The number of ether oxygens (including phenoxy) is 2. The molecule has 2 aromatic rings. The van der Waals surface area contributed by atoms with Gasteiger partial charge in [-0.25, -0.2) is 4.79 Å². The van der Waals surface area contributed by atoms with Crippen LogP contribution in [0.4, 0.5) is 11.4 Å². The largest absolute Gasteiger partial charge is 0.494 e. The zero-order valence-corrected chi connectivity index (χ0v) is 16.3. The van der Waals surface area contributed by atoms with Crippen molar-refractivity contribution in [1.29, 1.82) is 0 Å². The maximum atomic E-state index is 12.8. The predicted octanol–water partition coefficient (Wildman–Crippen LogP) is 2.92. The van der Waals surface area contributed by atoms with Crippen LogP contribution in [0.5, 0.6) is 11.5 Å². The lowest BCUT2D eigenvalue weighted by Crippen LogP contribution is -2.52. The number of hydrogen-bond acceptors (Lipinski definition) is 5. The van der Waals surface area contributed by atoms with Crippen molar-refractivity contribution in [2.24, 2.45) is 0 Å². The first-order valence-corrected chi connectivity index (χ1v) is 9.22. The molecule has 0 bridgehead atoms. The molecule has 0 fully saturated rings. The maximum Gasteiger partial charge on any atom is 0.335 e. The molecule has 3 rings (SSSR count). The third-order valence-corrected chi connectivity index (χ3v) is 4.55. The van der Waals surface area contributed by atoms with Crippen LogP contribution in [-0.2, 0) is 9.59 Å². The van der Waals surface area contributed by atoms with Gasteiger partial charge in [-0.15, -0.1) is 0 Å². The molecule has 0 radical (unpaired) electrons.